The van der Waals surface area contributed by atoms with Crippen molar-refractivity contribution in [2.75, 3.05) is 44.3 Å². The molecule has 5 nitrogen and oxygen atoms in total. The first kappa shape index (κ1) is 16.5. The Balaban J connectivity index is 1.47. The topological polar surface area (TPSA) is 48.8 Å². The van der Waals surface area contributed by atoms with Gasteiger partial charge in [0.15, 0.2) is 11.6 Å². The lowest BCUT2D eigenvalue weighted by Crippen LogP contribution is -2.53. The van der Waals surface area contributed by atoms with Gasteiger partial charge in [0.05, 0.1) is 24.3 Å². The van der Waals surface area contributed by atoms with Gasteiger partial charge in [0.2, 0.25) is 0 Å². The highest BCUT2D eigenvalue weighted by molar-refractivity contribution is 6.30. The molecule has 3 aliphatic rings. The second kappa shape index (κ2) is 6.75. The molecule has 0 amide bonds. The van der Waals surface area contributed by atoms with Crippen molar-refractivity contribution in [1.82, 2.24) is 9.88 Å². The van der Waals surface area contributed by atoms with Crippen molar-refractivity contribution in [2.45, 2.75) is 25.0 Å². The number of fused-ring (bicyclic) bond motifs is 1. The zero-order valence-electron chi connectivity index (χ0n) is 13.6. The Kier molecular flexibility index (Phi) is 4.64. The van der Waals surface area contributed by atoms with Crippen LogP contribution in [0.4, 0.5) is 10.2 Å². The highest BCUT2D eigenvalue weighted by Crippen LogP contribution is 2.40. The third kappa shape index (κ3) is 3.12. The molecule has 0 radical (unpaired) electrons. The maximum absolute atomic E-state index is 14.2. The molecule has 0 aromatic carbocycles. The predicted molar refractivity (Wildman–Crippen MR) is 89.8 cm³/mol. The number of aliphatic hydroxyl groups excluding tert-OH is 1. The van der Waals surface area contributed by atoms with Crippen LogP contribution in [-0.4, -0.2) is 66.5 Å². The van der Waals surface area contributed by atoms with Gasteiger partial charge in [0.1, 0.15) is 0 Å². The van der Waals surface area contributed by atoms with E-state index < -0.39 is 0 Å². The van der Waals surface area contributed by atoms with E-state index in [1.165, 1.54) is 12.3 Å². The third-order valence-corrected chi connectivity index (χ3v) is 5.92. The van der Waals surface area contributed by atoms with E-state index in [9.17, 15) is 9.50 Å². The number of pyridine rings is 1. The van der Waals surface area contributed by atoms with Crippen LogP contribution in [0.15, 0.2) is 12.3 Å². The lowest BCUT2D eigenvalue weighted by atomic mass is 9.77. The lowest BCUT2D eigenvalue weighted by molar-refractivity contribution is -0.0520. The number of morpholine rings is 1. The largest absolute Gasteiger partial charge is 0.391 e. The molecule has 1 aliphatic carbocycles. The van der Waals surface area contributed by atoms with E-state index in [0.717, 1.165) is 52.2 Å². The van der Waals surface area contributed by atoms with Crippen LogP contribution in [0.2, 0.25) is 5.02 Å². The molecule has 2 saturated heterocycles. The number of aliphatic hydroxyl groups is 1. The maximum Gasteiger partial charge on any atom is 0.167 e. The Morgan fingerprint density at radius 2 is 1.92 bits per heavy atom. The minimum Gasteiger partial charge on any atom is -0.391 e. The van der Waals surface area contributed by atoms with Gasteiger partial charge >= 0.3 is 0 Å². The number of hydrogen-bond acceptors (Lipinski definition) is 5. The third-order valence-electron chi connectivity index (χ3n) is 5.71. The number of hydrogen-bond donors (Lipinski definition) is 1. The minimum atomic E-state index is -0.369. The SMILES string of the molecule is O[C@@H]1C[C@H]2CN(c3ncc(Cl)cc3F)C[C@H]2C[C@H]1N1CCOCC1. The van der Waals surface area contributed by atoms with Gasteiger partial charge in [-0.3, -0.25) is 4.90 Å². The fourth-order valence-corrected chi connectivity index (χ4v) is 4.67. The second-order valence-corrected chi connectivity index (χ2v) is 7.57. The molecule has 2 aliphatic heterocycles. The number of aromatic nitrogens is 1. The molecule has 3 heterocycles. The van der Waals surface area contributed by atoms with Crippen LogP contribution in [0.3, 0.4) is 0 Å². The van der Waals surface area contributed by atoms with Gasteiger partial charge in [0.25, 0.3) is 0 Å². The molecule has 1 aromatic heterocycles. The number of anilines is 1. The van der Waals surface area contributed by atoms with E-state index >= 15 is 0 Å². The van der Waals surface area contributed by atoms with Gasteiger partial charge in [-0.05, 0) is 30.7 Å². The summed E-state index contributed by atoms with van der Waals surface area (Å²) in [4.78, 5) is 8.54. The van der Waals surface area contributed by atoms with E-state index in [4.69, 9.17) is 16.3 Å². The summed E-state index contributed by atoms with van der Waals surface area (Å²) in [6.45, 7) is 4.80. The minimum absolute atomic E-state index is 0.193. The number of halogens is 2. The Hall–Kier alpha value is -0.950. The van der Waals surface area contributed by atoms with Gasteiger partial charge in [-0.2, -0.15) is 0 Å². The van der Waals surface area contributed by atoms with Crippen molar-refractivity contribution in [2.24, 2.45) is 11.8 Å². The number of rotatable bonds is 2. The van der Waals surface area contributed by atoms with Crippen molar-refractivity contribution < 1.29 is 14.2 Å². The van der Waals surface area contributed by atoms with Crippen molar-refractivity contribution in [3.05, 3.63) is 23.1 Å². The van der Waals surface area contributed by atoms with Crippen LogP contribution in [0, 0.1) is 17.7 Å². The zero-order valence-corrected chi connectivity index (χ0v) is 14.3. The van der Waals surface area contributed by atoms with Gasteiger partial charge in [-0.15, -0.1) is 0 Å². The molecule has 0 bridgehead atoms. The van der Waals surface area contributed by atoms with Gasteiger partial charge in [-0.1, -0.05) is 11.6 Å². The highest BCUT2D eigenvalue weighted by Gasteiger charge is 2.44. The summed E-state index contributed by atoms with van der Waals surface area (Å²) < 4.78 is 19.6. The molecule has 4 rings (SSSR count). The van der Waals surface area contributed by atoms with E-state index in [-0.39, 0.29) is 18.0 Å². The fraction of sp³-hybridized carbons (Fsp3) is 0.706. The van der Waals surface area contributed by atoms with Gasteiger partial charge in [0, 0.05) is 38.4 Å². The smallest absolute Gasteiger partial charge is 0.167 e. The van der Waals surface area contributed by atoms with Crippen molar-refractivity contribution in [1.29, 1.82) is 0 Å². The summed E-state index contributed by atoms with van der Waals surface area (Å²) in [5.74, 6) is 0.880. The van der Waals surface area contributed by atoms with Crippen molar-refractivity contribution in [3.8, 4) is 0 Å². The normalized spacial score (nSPS) is 34.4. The first-order chi connectivity index (χ1) is 11.6. The second-order valence-electron chi connectivity index (χ2n) is 7.14. The molecular formula is C17H23ClFN3O2. The zero-order chi connectivity index (χ0) is 16.7. The summed E-state index contributed by atoms with van der Waals surface area (Å²) in [5, 5.41) is 10.9. The van der Waals surface area contributed by atoms with E-state index in [0.29, 0.717) is 22.7 Å². The monoisotopic (exact) mass is 355 g/mol. The van der Waals surface area contributed by atoms with Crippen LogP contribution in [-0.2, 0) is 4.74 Å². The first-order valence-electron chi connectivity index (χ1n) is 8.67. The molecule has 24 heavy (non-hydrogen) atoms. The van der Waals surface area contributed by atoms with Crippen LogP contribution in [0.1, 0.15) is 12.8 Å². The number of ether oxygens (including phenoxy) is 1. The number of nitrogens with zero attached hydrogens (tertiary/aromatic N) is 3. The molecule has 1 N–H and O–H groups in total. The maximum atomic E-state index is 14.2. The summed E-state index contributed by atoms with van der Waals surface area (Å²) in [6, 6.07) is 1.51. The summed E-state index contributed by atoms with van der Waals surface area (Å²) >= 11 is 5.80. The fourth-order valence-electron chi connectivity index (χ4n) is 4.52. The Morgan fingerprint density at radius 1 is 1.21 bits per heavy atom. The quantitative estimate of drug-likeness (QED) is 0.876. The van der Waals surface area contributed by atoms with Gasteiger partial charge in [-0.25, -0.2) is 9.37 Å². The molecule has 0 spiro atoms. The molecule has 0 unspecified atom stereocenters. The predicted octanol–water partition coefficient (Wildman–Crippen LogP) is 1.78. The van der Waals surface area contributed by atoms with Crippen LogP contribution in [0.25, 0.3) is 0 Å². The average molecular weight is 356 g/mol. The highest BCUT2D eigenvalue weighted by atomic mass is 35.5. The van der Waals surface area contributed by atoms with E-state index in [1.54, 1.807) is 0 Å². The molecular weight excluding hydrogens is 333 g/mol. The molecule has 7 heteroatoms. The molecule has 1 aromatic rings. The van der Waals surface area contributed by atoms with Crippen LogP contribution >= 0.6 is 11.6 Å². The van der Waals surface area contributed by atoms with Crippen LogP contribution < -0.4 is 4.90 Å². The average Bonchev–Trinajstić information content (AvgIpc) is 2.97. The standard InChI is InChI=1S/C17H23ClFN3O2/c18-13-7-14(19)17(20-8-13)22-9-11-5-15(16(23)6-12(11)10-22)21-1-3-24-4-2-21/h7-8,11-12,15-16,23H,1-6,9-10H2/t11-,12+,15-,16-/m1/s1. The summed E-state index contributed by atoms with van der Waals surface area (Å²) in [6.07, 6.45) is 2.91. The Morgan fingerprint density at radius 3 is 2.62 bits per heavy atom. The van der Waals surface area contributed by atoms with Gasteiger partial charge < -0.3 is 14.7 Å². The summed E-state index contributed by atoms with van der Waals surface area (Å²) in [7, 11) is 0. The Bertz CT molecular complexity index is 599. The van der Waals surface area contributed by atoms with Crippen LogP contribution in [0.5, 0.6) is 0 Å². The molecule has 3 fully saturated rings. The molecule has 132 valence electrons. The van der Waals surface area contributed by atoms with E-state index in [2.05, 4.69) is 9.88 Å². The molecule has 1 saturated carbocycles. The van der Waals surface area contributed by atoms with E-state index in [1.807, 2.05) is 4.90 Å². The molecule has 4 atom stereocenters. The Labute approximate surface area is 146 Å². The summed E-state index contributed by atoms with van der Waals surface area (Å²) in [5.41, 5.74) is 0. The van der Waals surface area contributed by atoms with Crippen molar-refractivity contribution >= 4 is 17.4 Å². The lowest BCUT2D eigenvalue weighted by Gasteiger charge is -2.43. The van der Waals surface area contributed by atoms with Crippen molar-refractivity contribution in [3.63, 3.8) is 0 Å². The first-order valence-corrected chi connectivity index (χ1v) is 9.05.